The predicted molar refractivity (Wildman–Crippen MR) is 142 cm³/mol. The van der Waals surface area contributed by atoms with E-state index in [9.17, 15) is 9.59 Å². The summed E-state index contributed by atoms with van der Waals surface area (Å²) in [5.41, 5.74) is 2.93. The van der Waals surface area contributed by atoms with Gasteiger partial charge in [-0.25, -0.2) is 0 Å². The fourth-order valence-corrected chi connectivity index (χ4v) is 4.19. The summed E-state index contributed by atoms with van der Waals surface area (Å²) in [4.78, 5) is 29.5. The average molecular weight is 489 g/mol. The molecule has 0 aromatic heterocycles. The molecular formula is C27H28N4O3S. The van der Waals surface area contributed by atoms with Crippen LogP contribution in [0.4, 0.5) is 11.4 Å². The van der Waals surface area contributed by atoms with Gasteiger partial charge in [0.25, 0.3) is 11.8 Å². The number of rotatable bonds is 6. The molecule has 0 saturated carbocycles. The van der Waals surface area contributed by atoms with E-state index in [0.29, 0.717) is 49.7 Å². The summed E-state index contributed by atoms with van der Waals surface area (Å²) in [5, 5.41) is 6.10. The van der Waals surface area contributed by atoms with E-state index >= 15 is 0 Å². The van der Waals surface area contributed by atoms with Gasteiger partial charge in [-0.1, -0.05) is 36.4 Å². The van der Waals surface area contributed by atoms with Crippen LogP contribution in [0.1, 0.15) is 27.6 Å². The van der Waals surface area contributed by atoms with Gasteiger partial charge in [0.15, 0.2) is 5.11 Å². The molecule has 1 saturated heterocycles. The summed E-state index contributed by atoms with van der Waals surface area (Å²) < 4.78 is 5.47. The van der Waals surface area contributed by atoms with Crippen LogP contribution in [0.15, 0.2) is 78.9 Å². The normalized spacial score (nSPS) is 13.2. The van der Waals surface area contributed by atoms with Crippen molar-refractivity contribution in [2.75, 3.05) is 43.0 Å². The highest BCUT2D eigenvalue weighted by molar-refractivity contribution is 7.80. The van der Waals surface area contributed by atoms with Gasteiger partial charge in [0.05, 0.1) is 18.0 Å². The van der Waals surface area contributed by atoms with Crippen LogP contribution in [-0.2, 0) is 0 Å². The number of ether oxygens (including phenoxy) is 1. The summed E-state index contributed by atoms with van der Waals surface area (Å²) in [6.45, 7) is 5.06. The topological polar surface area (TPSA) is 73.9 Å². The monoisotopic (exact) mass is 488 g/mol. The molecule has 0 atom stereocenters. The Bertz CT molecular complexity index is 1190. The van der Waals surface area contributed by atoms with E-state index in [-0.39, 0.29) is 16.9 Å². The number of nitrogens with zero attached hydrogens (tertiary/aromatic N) is 2. The zero-order valence-corrected chi connectivity index (χ0v) is 20.4. The fourth-order valence-electron chi connectivity index (χ4n) is 3.99. The molecule has 0 spiro atoms. The van der Waals surface area contributed by atoms with Crippen LogP contribution >= 0.6 is 12.2 Å². The molecule has 1 heterocycles. The summed E-state index contributed by atoms with van der Waals surface area (Å²) in [6, 6.07) is 24.1. The molecule has 4 rings (SSSR count). The number of anilines is 2. The second-order valence-electron chi connectivity index (χ2n) is 8.03. The number of benzene rings is 3. The summed E-state index contributed by atoms with van der Waals surface area (Å²) in [7, 11) is 0. The van der Waals surface area contributed by atoms with Crippen molar-refractivity contribution in [1.82, 2.24) is 10.2 Å². The van der Waals surface area contributed by atoms with Crippen molar-refractivity contribution in [3.63, 3.8) is 0 Å². The summed E-state index contributed by atoms with van der Waals surface area (Å²) in [5.74, 6) is 0.373. The number of hydrogen-bond donors (Lipinski definition) is 2. The molecular weight excluding hydrogens is 460 g/mol. The Hall–Kier alpha value is -3.91. The third kappa shape index (κ3) is 6.16. The van der Waals surface area contributed by atoms with Gasteiger partial charge in [-0.15, -0.1) is 0 Å². The number of carbonyl (C=O) groups is 2. The Morgan fingerprint density at radius 2 is 1.57 bits per heavy atom. The smallest absolute Gasteiger partial charge is 0.257 e. The number of nitrogens with one attached hydrogen (secondary N) is 2. The maximum absolute atomic E-state index is 12.8. The Kier molecular flexibility index (Phi) is 7.95. The van der Waals surface area contributed by atoms with E-state index in [0.717, 1.165) is 11.4 Å². The maximum Gasteiger partial charge on any atom is 0.257 e. The molecule has 8 heteroatoms. The molecule has 3 aromatic rings. The average Bonchev–Trinajstić information content (AvgIpc) is 2.89. The molecule has 1 aliphatic rings. The lowest BCUT2D eigenvalue weighted by molar-refractivity contribution is 0.0746. The number of amides is 2. The second kappa shape index (κ2) is 11.5. The van der Waals surface area contributed by atoms with Crippen LogP contribution in [-0.4, -0.2) is 54.6 Å². The third-order valence-corrected chi connectivity index (χ3v) is 5.92. The van der Waals surface area contributed by atoms with E-state index in [1.54, 1.807) is 24.3 Å². The number of para-hydroxylation sites is 2. The molecule has 1 aliphatic heterocycles. The van der Waals surface area contributed by atoms with E-state index in [1.807, 2.05) is 66.4 Å². The minimum atomic E-state index is -0.311. The third-order valence-electron chi connectivity index (χ3n) is 5.71. The summed E-state index contributed by atoms with van der Waals surface area (Å²) >= 11 is 5.42. The van der Waals surface area contributed by atoms with E-state index in [4.69, 9.17) is 17.0 Å². The Morgan fingerprint density at radius 1 is 0.886 bits per heavy atom. The number of piperazine rings is 1. The molecule has 2 amide bonds. The SMILES string of the molecule is CCOc1cccc(C(=O)NC(=S)Nc2ccccc2N2CCN(C(=O)c3ccccc3)CC2)c1. The van der Waals surface area contributed by atoms with Gasteiger partial charge in [-0.3, -0.25) is 14.9 Å². The first kappa shape index (κ1) is 24.2. The van der Waals surface area contributed by atoms with Crippen LogP contribution in [0.5, 0.6) is 5.75 Å². The van der Waals surface area contributed by atoms with Crippen LogP contribution in [0.2, 0.25) is 0 Å². The summed E-state index contributed by atoms with van der Waals surface area (Å²) in [6.07, 6.45) is 0. The maximum atomic E-state index is 12.8. The van der Waals surface area contributed by atoms with E-state index in [2.05, 4.69) is 15.5 Å². The van der Waals surface area contributed by atoms with Crippen LogP contribution in [0.25, 0.3) is 0 Å². The number of thiocarbonyl (C=S) groups is 1. The standard InChI is InChI=1S/C27H28N4O3S/c1-2-34-22-12-8-11-21(19-22)25(32)29-27(35)28-23-13-6-7-14-24(23)30-15-17-31(18-16-30)26(33)20-9-4-3-5-10-20/h3-14,19H,2,15-18H2,1H3,(H2,28,29,32,35). The molecule has 0 aliphatic carbocycles. The van der Waals surface area contributed by atoms with Gasteiger partial charge in [0.2, 0.25) is 0 Å². The number of hydrogen-bond acceptors (Lipinski definition) is 5. The van der Waals surface area contributed by atoms with Crippen LogP contribution in [0, 0.1) is 0 Å². The zero-order valence-electron chi connectivity index (χ0n) is 19.6. The van der Waals surface area contributed by atoms with Crippen molar-refractivity contribution in [3.8, 4) is 5.75 Å². The highest BCUT2D eigenvalue weighted by Crippen LogP contribution is 2.27. The van der Waals surface area contributed by atoms with Crippen molar-refractivity contribution in [2.45, 2.75) is 6.92 Å². The van der Waals surface area contributed by atoms with Crippen molar-refractivity contribution in [3.05, 3.63) is 90.0 Å². The zero-order chi connectivity index (χ0) is 24.6. The largest absolute Gasteiger partial charge is 0.494 e. The molecule has 0 bridgehead atoms. The van der Waals surface area contributed by atoms with E-state index in [1.165, 1.54) is 0 Å². The minimum Gasteiger partial charge on any atom is -0.494 e. The van der Waals surface area contributed by atoms with Gasteiger partial charge in [0, 0.05) is 37.3 Å². The molecule has 0 radical (unpaired) electrons. The van der Waals surface area contributed by atoms with Gasteiger partial charge in [-0.2, -0.15) is 0 Å². The van der Waals surface area contributed by atoms with Gasteiger partial charge in [0.1, 0.15) is 5.75 Å². The van der Waals surface area contributed by atoms with Gasteiger partial charge < -0.3 is 19.9 Å². The highest BCUT2D eigenvalue weighted by Gasteiger charge is 2.23. The second-order valence-corrected chi connectivity index (χ2v) is 8.44. The minimum absolute atomic E-state index is 0.0500. The van der Waals surface area contributed by atoms with Crippen molar-refractivity contribution in [2.24, 2.45) is 0 Å². The van der Waals surface area contributed by atoms with E-state index < -0.39 is 0 Å². The highest BCUT2D eigenvalue weighted by atomic mass is 32.1. The molecule has 7 nitrogen and oxygen atoms in total. The van der Waals surface area contributed by atoms with Gasteiger partial charge >= 0.3 is 0 Å². The first-order chi connectivity index (χ1) is 17.0. The Balaban J connectivity index is 1.37. The van der Waals surface area contributed by atoms with Crippen molar-refractivity contribution in [1.29, 1.82) is 0 Å². The Morgan fingerprint density at radius 3 is 2.31 bits per heavy atom. The lowest BCUT2D eigenvalue weighted by Crippen LogP contribution is -2.49. The molecule has 3 aromatic carbocycles. The quantitative estimate of drug-likeness (QED) is 0.508. The lowest BCUT2D eigenvalue weighted by Gasteiger charge is -2.37. The van der Waals surface area contributed by atoms with Gasteiger partial charge in [-0.05, 0) is 61.6 Å². The Labute approximate surface area is 210 Å². The van der Waals surface area contributed by atoms with Crippen LogP contribution in [0.3, 0.4) is 0 Å². The molecule has 0 unspecified atom stereocenters. The molecule has 180 valence electrons. The van der Waals surface area contributed by atoms with Crippen LogP contribution < -0.4 is 20.3 Å². The molecule has 35 heavy (non-hydrogen) atoms. The lowest BCUT2D eigenvalue weighted by atomic mass is 10.1. The molecule has 2 N–H and O–H groups in total. The first-order valence-corrected chi connectivity index (χ1v) is 12.0. The predicted octanol–water partition coefficient (Wildman–Crippen LogP) is 4.17. The van der Waals surface area contributed by atoms with Crippen molar-refractivity contribution < 1.29 is 14.3 Å². The molecule has 1 fully saturated rings. The first-order valence-electron chi connectivity index (χ1n) is 11.6. The van der Waals surface area contributed by atoms with Crippen molar-refractivity contribution >= 4 is 40.5 Å². The fraction of sp³-hybridized carbons (Fsp3) is 0.222. The number of carbonyl (C=O) groups excluding carboxylic acids is 2.